The summed E-state index contributed by atoms with van der Waals surface area (Å²) in [4.78, 5) is 25.2. The summed E-state index contributed by atoms with van der Waals surface area (Å²) in [6, 6.07) is 0. The fraction of sp³-hybridized carbons (Fsp3) is 0.867. The van der Waals surface area contributed by atoms with E-state index in [4.69, 9.17) is 5.73 Å². The van der Waals surface area contributed by atoms with E-state index in [9.17, 15) is 9.59 Å². The minimum atomic E-state index is 0.0263. The van der Waals surface area contributed by atoms with E-state index >= 15 is 0 Å². The molecule has 0 aromatic carbocycles. The average Bonchev–Trinajstić information content (AvgIpc) is 2.41. The van der Waals surface area contributed by atoms with Crippen LogP contribution in [0.4, 0.5) is 0 Å². The first kappa shape index (κ1) is 15.3. The SMILES string of the molecule is CC(=O)NCC1CCN(C(=O)CC2(CN)CCC2)CC1. The van der Waals surface area contributed by atoms with Crippen LogP contribution in [-0.2, 0) is 9.59 Å². The van der Waals surface area contributed by atoms with Gasteiger partial charge in [-0.2, -0.15) is 0 Å². The van der Waals surface area contributed by atoms with Gasteiger partial charge in [-0.25, -0.2) is 0 Å². The van der Waals surface area contributed by atoms with Gasteiger partial charge in [0.1, 0.15) is 0 Å². The first-order valence-corrected chi connectivity index (χ1v) is 7.77. The Hall–Kier alpha value is -1.10. The molecule has 1 heterocycles. The maximum absolute atomic E-state index is 12.3. The van der Waals surface area contributed by atoms with Crippen LogP contribution in [0.5, 0.6) is 0 Å². The summed E-state index contributed by atoms with van der Waals surface area (Å²) < 4.78 is 0. The molecule has 5 heteroatoms. The fourth-order valence-electron chi connectivity index (χ4n) is 3.24. The molecule has 1 saturated carbocycles. The van der Waals surface area contributed by atoms with Crippen LogP contribution in [-0.4, -0.2) is 42.9 Å². The quantitative estimate of drug-likeness (QED) is 0.785. The van der Waals surface area contributed by atoms with Gasteiger partial charge in [0.2, 0.25) is 11.8 Å². The molecule has 2 amide bonds. The van der Waals surface area contributed by atoms with Crippen molar-refractivity contribution in [3.63, 3.8) is 0 Å². The van der Waals surface area contributed by atoms with E-state index in [2.05, 4.69) is 5.32 Å². The molecule has 0 unspecified atom stereocenters. The number of nitrogens with zero attached hydrogens (tertiary/aromatic N) is 1. The molecule has 20 heavy (non-hydrogen) atoms. The van der Waals surface area contributed by atoms with Crippen molar-refractivity contribution in [3.05, 3.63) is 0 Å². The monoisotopic (exact) mass is 281 g/mol. The predicted octanol–water partition coefficient (Wildman–Crippen LogP) is 0.880. The predicted molar refractivity (Wildman–Crippen MR) is 77.9 cm³/mol. The van der Waals surface area contributed by atoms with Gasteiger partial charge in [0, 0.05) is 33.0 Å². The standard InChI is InChI=1S/C15H27N3O2/c1-12(19)17-10-13-3-7-18(8-4-13)14(20)9-15(11-16)5-2-6-15/h13H,2-11,16H2,1H3,(H,17,19). The van der Waals surface area contributed by atoms with E-state index in [1.54, 1.807) is 6.92 Å². The summed E-state index contributed by atoms with van der Waals surface area (Å²) in [6.45, 7) is 4.57. The van der Waals surface area contributed by atoms with Crippen molar-refractivity contribution in [2.45, 2.75) is 45.4 Å². The highest BCUT2D eigenvalue weighted by Crippen LogP contribution is 2.43. The Morgan fingerprint density at radius 1 is 1.30 bits per heavy atom. The molecule has 0 radical (unpaired) electrons. The molecule has 0 spiro atoms. The van der Waals surface area contributed by atoms with Crippen LogP contribution in [0.15, 0.2) is 0 Å². The van der Waals surface area contributed by atoms with E-state index in [-0.39, 0.29) is 17.2 Å². The minimum Gasteiger partial charge on any atom is -0.356 e. The molecule has 5 nitrogen and oxygen atoms in total. The van der Waals surface area contributed by atoms with Crippen molar-refractivity contribution in [1.82, 2.24) is 10.2 Å². The first-order chi connectivity index (χ1) is 9.54. The number of carbonyl (C=O) groups excluding carboxylic acids is 2. The lowest BCUT2D eigenvalue weighted by Crippen LogP contribution is -2.46. The molecule has 3 N–H and O–H groups in total. The summed E-state index contributed by atoms with van der Waals surface area (Å²) in [5.74, 6) is 0.807. The smallest absolute Gasteiger partial charge is 0.223 e. The first-order valence-electron chi connectivity index (χ1n) is 7.77. The zero-order valence-electron chi connectivity index (χ0n) is 12.5. The van der Waals surface area contributed by atoms with Crippen molar-refractivity contribution in [1.29, 1.82) is 0 Å². The third-order valence-electron chi connectivity index (χ3n) is 4.98. The Bertz CT molecular complexity index is 353. The van der Waals surface area contributed by atoms with Gasteiger partial charge in [-0.3, -0.25) is 9.59 Å². The number of hydrogen-bond acceptors (Lipinski definition) is 3. The lowest BCUT2D eigenvalue weighted by molar-refractivity contribution is -0.136. The molecule has 2 rings (SSSR count). The van der Waals surface area contributed by atoms with Crippen molar-refractivity contribution in [2.24, 2.45) is 17.1 Å². The van der Waals surface area contributed by atoms with E-state index in [1.807, 2.05) is 4.90 Å². The summed E-state index contributed by atoms with van der Waals surface area (Å²) >= 11 is 0. The zero-order chi connectivity index (χ0) is 14.6. The minimum absolute atomic E-state index is 0.0263. The highest BCUT2D eigenvalue weighted by atomic mass is 16.2. The lowest BCUT2D eigenvalue weighted by Gasteiger charge is -2.42. The molecule has 0 aromatic rings. The topological polar surface area (TPSA) is 75.4 Å². The van der Waals surface area contributed by atoms with Crippen LogP contribution in [0.25, 0.3) is 0 Å². The Morgan fingerprint density at radius 3 is 2.40 bits per heavy atom. The number of amides is 2. The van der Waals surface area contributed by atoms with Crippen molar-refractivity contribution in [2.75, 3.05) is 26.2 Å². The third-order valence-corrected chi connectivity index (χ3v) is 4.98. The summed E-state index contributed by atoms with van der Waals surface area (Å²) in [7, 11) is 0. The molecular weight excluding hydrogens is 254 g/mol. The third kappa shape index (κ3) is 3.72. The number of nitrogens with two attached hydrogens (primary N) is 1. The van der Waals surface area contributed by atoms with Crippen LogP contribution in [0.1, 0.15) is 45.4 Å². The number of carbonyl (C=O) groups is 2. The molecule has 2 fully saturated rings. The number of nitrogens with one attached hydrogen (secondary N) is 1. The Labute approximate surface area is 121 Å². The van der Waals surface area contributed by atoms with E-state index in [0.717, 1.165) is 45.3 Å². The highest BCUT2D eigenvalue weighted by molar-refractivity contribution is 5.77. The van der Waals surface area contributed by atoms with Gasteiger partial charge in [-0.15, -0.1) is 0 Å². The molecule has 0 bridgehead atoms. The number of piperidine rings is 1. The summed E-state index contributed by atoms with van der Waals surface area (Å²) in [5.41, 5.74) is 5.93. The van der Waals surface area contributed by atoms with E-state index in [0.29, 0.717) is 18.9 Å². The van der Waals surface area contributed by atoms with Gasteiger partial charge in [-0.1, -0.05) is 6.42 Å². The van der Waals surface area contributed by atoms with Gasteiger partial charge < -0.3 is 16.0 Å². The summed E-state index contributed by atoms with van der Waals surface area (Å²) in [6.07, 6.45) is 6.02. The van der Waals surface area contributed by atoms with Gasteiger partial charge >= 0.3 is 0 Å². The number of likely N-dealkylation sites (tertiary alicyclic amines) is 1. The number of hydrogen-bond donors (Lipinski definition) is 2. The van der Waals surface area contributed by atoms with Crippen molar-refractivity contribution < 1.29 is 9.59 Å². The second kappa shape index (κ2) is 6.57. The Kier molecular flexibility index (Phi) is 5.02. The highest BCUT2D eigenvalue weighted by Gasteiger charge is 2.39. The van der Waals surface area contributed by atoms with E-state index in [1.165, 1.54) is 6.42 Å². The molecule has 114 valence electrons. The largest absolute Gasteiger partial charge is 0.356 e. The Balaban J connectivity index is 1.73. The normalized spacial score (nSPS) is 22.2. The van der Waals surface area contributed by atoms with Gasteiger partial charge in [0.05, 0.1) is 0 Å². The molecule has 1 aliphatic carbocycles. The fourth-order valence-corrected chi connectivity index (χ4v) is 3.24. The van der Waals surface area contributed by atoms with Gasteiger partial charge in [0.15, 0.2) is 0 Å². The van der Waals surface area contributed by atoms with Crippen LogP contribution < -0.4 is 11.1 Å². The molecule has 2 aliphatic rings. The van der Waals surface area contributed by atoms with Crippen molar-refractivity contribution >= 4 is 11.8 Å². The molecule has 0 atom stereocenters. The molecular formula is C15H27N3O2. The average molecular weight is 281 g/mol. The van der Waals surface area contributed by atoms with E-state index < -0.39 is 0 Å². The maximum atomic E-state index is 12.3. The van der Waals surface area contributed by atoms with Crippen LogP contribution in [0.2, 0.25) is 0 Å². The van der Waals surface area contributed by atoms with Crippen LogP contribution >= 0.6 is 0 Å². The van der Waals surface area contributed by atoms with Crippen LogP contribution in [0.3, 0.4) is 0 Å². The second-order valence-corrected chi connectivity index (χ2v) is 6.50. The zero-order valence-corrected chi connectivity index (χ0v) is 12.5. The van der Waals surface area contributed by atoms with Crippen LogP contribution in [0, 0.1) is 11.3 Å². The second-order valence-electron chi connectivity index (χ2n) is 6.50. The molecule has 1 saturated heterocycles. The van der Waals surface area contributed by atoms with Gasteiger partial charge in [-0.05, 0) is 43.6 Å². The van der Waals surface area contributed by atoms with Crippen molar-refractivity contribution in [3.8, 4) is 0 Å². The lowest BCUT2D eigenvalue weighted by atomic mass is 9.66. The number of rotatable bonds is 5. The maximum Gasteiger partial charge on any atom is 0.223 e. The van der Waals surface area contributed by atoms with Gasteiger partial charge in [0.25, 0.3) is 0 Å². The molecule has 0 aromatic heterocycles. The molecule has 1 aliphatic heterocycles. The Morgan fingerprint density at radius 2 is 1.95 bits per heavy atom. The summed E-state index contributed by atoms with van der Waals surface area (Å²) in [5, 5.41) is 2.87.